The molecule has 6 nitrogen and oxygen atoms in total. The van der Waals surface area contributed by atoms with Crippen LogP contribution >= 0.6 is 0 Å². The lowest BCUT2D eigenvalue weighted by Gasteiger charge is -2.37. The van der Waals surface area contributed by atoms with E-state index in [0.717, 1.165) is 22.3 Å². The second-order valence-corrected chi connectivity index (χ2v) is 10.2. The third kappa shape index (κ3) is 5.51. The summed E-state index contributed by atoms with van der Waals surface area (Å²) in [6.07, 6.45) is 2.63. The number of carbonyl (C=O) groups is 1. The van der Waals surface area contributed by atoms with Gasteiger partial charge in [0.15, 0.2) is 0 Å². The van der Waals surface area contributed by atoms with Crippen LogP contribution in [0.2, 0.25) is 0 Å². The molecule has 0 bridgehead atoms. The molecular formula is C31H30FNO5. The van der Waals surface area contributed by atoms with Crippen LogP contribution in [0.4, 0.5) is 4.39 Å². The summed E-state index contributed by atoms with van der Waals surface area (Å²) < 4.78 is 32.4. The molecule has 196 valence electrons. The Hall–Kier alpha value is -3.89. The number of aliphatic carboxylic acids is 1. The molecule has 1 aliphatic heterocycles. The third-order valence-corrected chi connectivity index (χ3v) is 7.06. The van der Waals surface area contributed by atoms with Crippen LogP contribution < -0.4 is 9.47 Å². The maximum atomic E-state index is 15.0. The van der Waals surface area contributed by atoms with Gasteiger partial charge in [-0.05, 0) is 60.7 Å². The SMILES string of the molecule is CC#C[C@@H](CC(=O)O)c1ccc(O[C@@H]2CCc3c(-c4ccc(OCC5(C)COC5)nc4)ccc(F)c32)cc1. The van der Waals surface area contributed by atoms with Gasteiger partial charge in [-0.3, -0.25) is 4.79 Å². The summed E-state index contributed by atoms with van der Waals surface area (Å²) >= 11 is 0. The summed E-state index contributed by atoms with van der Waals surface area (Å²) in [5.41, 5.74) is 4.20. The van der Waals surface area contributed by atoms with E-state index < -0.39 is 12.1 Å². The maximum absolute atomic E-state index is 15.0. The summed E-state index contributed by atoms with van der Waals surface area (Å²) in [5, 5.41) is 9.18. The van der Waals surface area contributed by atoms with E-state index in [4.69, 9.17) is 14.2 Å². The van der Waals surface area contributed by atoms with Crippen LogP contribution in [0.25, 0.3) is 11.1 Å². The molecule has 1 aromatic heterocycles. The van der Waals surface area contributed by atoms with Crippen molar-refractivity contribution in [3.63, 3.8) is 0 Å². The number of carboxylic acid groups (broad SMARTS) is 1. The van der Waals surface area contributed by atoms with Gasteiger partial charge in [0.05, 0.1) is 32.2 Å². The van der Waals surface area contributed by atoms with E-state index in [9.17, 15) is 9.90 Å². The molecule has 1 saturated heterocycles. The summed E-state index contributed by atoms with van der Waals surface area (Å²) in [6.45, 7) is 5.75. The Labute approximate surface area is 221 Å². The fraction of sp³-hybridized carbons (Fsp3) is 0.355. The van der Waals surface area contributed by atoms with Crippen LogP contribution in [-0.2, 0) is 16.0 Å². The molecule has 1 N–H and O–H groups in total. The van der Waals surface area contributed by atoms with Gasteiger partial charge in [-0.25, -0.2) is 9.37 Å². The highest BCUT2D eigenvalue weighted by atomic mass is 19.1. The first-order valence-corrected chi connectivity index (χ1v) is 12.7. The predicted molar refractivity (Wildman–Crippen MR) is 141 cm³/mol. The lowest BCUT2D eigenvalue weighted by molar-refractivity contribution is -0.137. The van der Waals surface area contributed by atoms with Gasteiger partial charge in [-0.2, -0.15) is 0 Å². The summed E-state index contributed by atoms with van der Waals surface area (Å²) in [4.78, 5) is 15.7. The molecule has 2 aliphatic rings. The number of carboxylic acids is 1. The second-order valence-electron chi connectivity index (χ2n) is 10.2. The molecule has 2 heterocycles. The van der Waals surface area contributed by atoms with Crippen molar-refractivity contribution in [1.29, 1.82) is 0 Å². The molecule has 1 aliphatic carbocycles. The summed E-state index contributed by atoms with van der Waals surface area (Å²) in [7, 11) is 0. The maximum Gasteiger partial charge on any atom is 0.304 e. The number of ether oxygens (including phenoxy) is 3. The molecule has 2 atom stereocenters. The molecule has 0 spiro atoms. The van der Waals surface area contributed by atoms with Crippen LogP contribution in [0.15, 0.2) is 54.7 Å². The molecule has 3 aromatic rings. The van der Waals surface area contributed by atoms with Crippen molar-refractivity contribution in [3.8, 4) is 34.6 Å². The highest BCUT2D eigenvalue weighted by molar-refractivity contribution is 5.70. The van der Waals surface area contributed by atoms with Gasteiger partial charge < -0.3 is 19.3 Å². The first-order chi connectivity index (χ1) is 18.3. The van der Waals surface area contributed by atoms with E-state index in [-0.39, 0.29) is 23.6 Å². The van der Waals surface area contributed by atoms with Crippen molar-refractivity contribution >= 4 is 5.97 Å². The molecule has 0 radical (unpaired) electrons. The smallest absolute Gasteiger partial charge is 0.304 e. The molecule has 5 rings (SSSR count). The third-order valence-electron chi connectivity index (χ3n) is 7.06. The molecule has 0 saturated carbocycles. The van der Waals surface area contributed by atoms with Crippen LogP contribution in [0.1, 0.15) is 55.4 Å². The Morgan fingerprint density at radius 2 is 2.00 bits per heavy atom. The molecule has 38 heavy (non-hydrogen) atoms. The first-order valence-electron chi connectivity index (χ1n) is 12.7. The molecular weight excluding hydrogens is 485 g/mol. The van der Waals surface area contributed by atoms with E-state index in [1.165, 1.54) is 6.07 Å². The number of aromatic nitrogens is 1. The number of hydrogen-bond acceptors (Lipinski definition) is 5. The van der Waals surface area contributed by atoms with Gasteiger partial charge in [-0.1, -0.05) is 31.0 Å². The molecule has 0 amide bonds. The molecule has 7 heteroatoms. The molecule has 2 aromatic carbocycles. The van der Waals surface area contributed by atoms with E-state index in [0.29, 0.717) is 49.9 Å². The Morgan fingerprint density at radius 1 is 1.21 bits per heavy atom. The van der Waals surface area contributed by atoms with Crippen molar-refractivity contribution in [3.05, 3.63) is 77.2 Å². The highest BCUT2D eigenvalue weighted by Crippen LogP contribution is 2.42. The lowest BCUT2D eigenvalue weighted by atomic mass is 9.90. The van der Waals surface area contributed by atoms with Crippen molar-refractivity contribution in [2.45, 2.75) is 45.1 Å². The average Bonchev–Trinajstić information content (AvgIpc) is 3.31. The van der Waals surface area contributed by atoms with Crippen LogP contribution in [0, 0.1) is 23.1 Å². The number of fused-ring (bicyclic) bond motifs is 1. The quantitative estimate of drug-likeness (QED) is 0.355. The van der Waals surface area contributed by atoms with Crippen molar-refractivity contribution in [2.75, 3.05) is 19.8 Å². The number of rotatable bonds is 9. The Bertz CT molecular complexity index is 1370. The fourth-order valence-electron chi connectivity index (χ4n) is 5.01. The Morgan fingerprint density at radius 3 is 2.63 bits per heavy atom. The number of halogens is 1. The minimum absolute atomic E-state index is 0.0389. The number of benzene rings is 2. The van der Waals surface area contributed by atoms with E-state index >= 15 is 4.39 Å². The number of hydrogen-bond donors (Lipinski definition) is 1. The lowest BCUT2D eigenvalue weighted by Crippen LogP contribution is -2.44. The zero-order chi connectivity index (χ0) is 26.7. The van der Waals surface area contributed by atoms with E-state index in [1.54, 1.807) is 31.3 Å². The number of nitrogens with zero attached hydrogens (tertiary/aromatic N) is 1. The minimum Gasteiger partial charge on any atom is -0.486 e. The van der Waals surface area contributed by atoms with Gasteiger partial charge in [0, 0.05) is 28.8 Å². The molecule has 1 fully saturated rings. The second kappa shape index (κ2) is 10.8. The Balaban J connectivity index is 1.31. The summed E-state index contributed by atoms with van der Waals surface area (Å²) in [5.74, 6) is 5.33. The zero-order valence-electron chi connectivity index (χ0n) is 21.5. The van der Waals surface area contributed by atoms with Crippen LogP contribution in [0.3, 0.4) is 0 Å². The fourth-order valence-corrected chi connectivity index (χ4v) is 5.01. The van der Waals surface area contributed by atoms with Gasteiger partial charge in [0.2, 0.25) is 5.88 Å². The highest BCUT2D eigenvalue weighted by Gasteiger charge is 2.34. The monoisotopic (exact) mass is 515 g/mol. The van der Waals surface area contributed by atoms with E-state index in [1.807, 2.05) is 24.3 Å². The van der Waals surface area contributed by atoms with Gasteiger partial charge in [0.25, 0.3) is 0 Å². The number of pyridine rings is 1. The minimum atomic E-state index is -0.901. The van der Waals surface area contributed by atoms with E-state index in [2.05, 4.69) is 23.7 Å². The topological polar surface area (TPSA) is 77.9 Å². The van der Waals surface area contributed by atoms with Crippen molar-refractivity contribution in [2.24, 2.45) is 5.41 Å². The van der Waals surface area contributed by atoms with Gasteiger partial charge >= 0.3 is 5.97 Å². The van der Waals surface area contributed by atoms with Gasteiger partial charge in [-0.15, -0.1) is 5.92 Å². The first kappa shape index (κ1) is 25.7. The standard InChI is InChI=1S/C31H30FNO5/c1-3-4-21(15-29(34)35)20-5-8-23(9-6-20)38-27-13-11-25-24(10-12-26(32)30(25)27)22-7-14-28(33-16-22)37-19-31(2)17-36-18-31/h5-10,12,14,16,21,27H,11,13,15,17-19H2,1-2H3,(H,34,35)/t21-,27+/m0/s1. The Kier molecular flexibility index (Phi) is 7.35. The van der Waals surface area contributed by atoms with Crippen molar-refractivity contribution in [1.82, 2.24) is 4.98 Å². The summed E-state index contributed by atoms with van der Waals surface area (Å²) in [6, 6.07) is 14.3. The average molecular weight is 516 g/mol. The zero-order valence-corrected chi connectivity index (χ0v) is 21.5. The van der Waals surface area contributed by atoms with Gasteiger partial charge in [0.1, 0.15) is 17.7 Å². The van der Waals surface area contributed by atoms with Crippen molar-refractivity contribution < 1.29 is 28.5 Å². The molecule has 0 unspecified atom stereocenters. The van der Waals surface area contributed by atoms with Crippen LogP contribution in [0.5, 0.6) is 11.6 Å². The largest absolute Gasteiger partial charge is 0.486 e. The predicted octanol–water partition coefficient (Wildman–Crippen LogP) is 5.95. The normalized spacial score (nSPS) is 17.9. The van der Waals surface area contributed by atoms with Crippen LogP contribution in [-0.4, -0.2) is 35.9 Å².